The van der Waals surface area contributed by atoms with Crippen LogP contribution in [0.3, 0.4) is 0 Å². The molecule has 3 aromatic rings. The van der Waals surface area contributed by atoms with Gasteiger partial charge in [0.1, 0.15) is 10.6 Å². The number of amides is 1. The van der Waals surface area contributed by atoms with Gasteiger partial charge in [-0.25, -0.2) is 28.0 Å². The number of aliphatic imine (C=N–C) groups is 1. The zero-order chi connectivity index (χ0) is 48.8. The van der Waals surface area contributed by atoms with Gasteiger partial charge in [0.25, 0.3) is 15.9 Å². The molecule has 2 heterocycles. The molecule has 0 aliphatic carbocycles. The van der Waals surface area contributed by atoms with Crippen LogP contribution in [0.25, 0.3) is 0 Å². The molecule has 1 amide bonds. The first-order chi connectivity index (χ1) is 33.2. The number of unbranched alkanes of at least 4 members (excludes halogenated alkanes) is 26. The smallest absolute Gasteiger partial charge is 0.359 e. The van der Waals surface area contributed by atoms with E-state index in [-0.39, 0.29) is 23.0 Å². The second kappa shape index (κ2) is 32.2. The third-order valence-corrected chi connectivity index (χ3v) is 14.7. The van der Waals surface area contributed by atoms with Gasteiger partial charge < -0.3 is 24.1 Å². The normalized spacial score (nSPS) is 13.4. The van der Waals surface area contributed by atoms with Crippen LogP contribution >= 0.6 is 0 Å². The number of methoxy groups -OCH3 is 2. The average Bonchev–Trinajstić information content (AvgIpc) is 3.78. The lowest BCUT2D eigenvalue weighted by Crippen LogP contribution is -2.48. The molecule has 1 aliphatic rings. The number of nitrogens with one attached hydrogen (secondary N) is 1. The van der Waals surface area contributed by atoms with E-state index < -0.39 is 45.3 Å². The van der Waals surface area contributed by atoms with Crippen molar-refractivity contribution in [2.75, 3.05) is 32.7 Å². The Morgan fingerprint density at radius 2 is 1.07 bits per heavy atom. The predicted octanol–water partition coefficient (Wildman–Crippen LogP) is 13.7. The van der Waals surface area contributed by atoms with Crippen molar-refractivity contribution in [2.24, 2.45) is 4.99 Å². The van der Waals surface area contributed by atoms with E-state index in [0.717, 1.165) is 74.4 Å². The number of benzene rings is 2. The summed E-state index contributed by atoms with van der Waals surface area (Å²) in [5.74, 6) is -2.37. The van der Waals surface area contributed by atoms with Gasteiger partial charge in [0.05, 0.1) is 38.5 Å². The molecule has 0 bridgehead atoms. The van der Waals surface area contributed by atoms with Gasteiger partial charge in [0.2, 0.25) is 0 Å². The summed E-state index contributed by atoms with van der Waals surface area (Å²) in [5, 5.41) is 2.95. The van der Waals surface area contributed by atoms with Crippen LogP contribution < -0.4 is 10.1 Å². The van der Waals surface area contributed by atoms with Crippen LogP contribution in [-0.4, -0.2) is 73.3 Å². The molecule has 14 heteroatoms. The molecule has 378 valence electrons. The Morgan fingerprint density at radius 3 is 1.60 bits per heavy atom. The second-order valence-electron chi connectivity index (χ2n) is 18.3. The lowest BCUT2D eigenvalue weighted by atomic mass is 10.0. The standard InChI is InChI=1S/C54H83N5O8S/c1-5-7-9-11-13-15-17-19-20-21-22-23-25-27-29-35-41-59-51(56-45-38-32-34-40-47(45)68(59,63)64)50(58-43-55-48(53(61)65-3)49(58)54(62)66-4)52(60)57-44-37-31-33-39-46(44)67-42-36-30-28-26-24-18-16-14-12-10-8-6-2/h31-34,37-40,43,50H,5-30,35-36,41-42H2,1-4H3,(H,57,60). The molecule has 1 aliphatic heterocycles. The van der Waals surface area contributed by atoms with Gasteiger partial charge in [-0.15, -0.1) is 0 Å². The molecule has 0 saturated heterocycles. The van der Waals surface area contributed by atoms with E-state index in [0.29, 0.717) is 24.5 Å². The highest BCUT2D eigenvalue weighted by Gasteiger charge is 2.43. The van der Waals surface area contributed by atoms with Gasteiger partial charge in [-0.2, -0.15) is 0 Å². The van der Waals surface area contributed by atoms with E-state index in [1.165, 1.54) is 134 Å². The minimum absolute atomic E-state index is 0.00465. The third-order valence-electron chi connectivity index (χ3n) is 12.9. The number of fused-ring (bicyclic) bond motifs is 1. The number of para-hydroxylation sites is 3. The van der Waals surface area contributed by atoms with E-state index >= 15 is 0 Å². The quantitative estimate of drug-likeness (QED) is 0.0438. The fraction of sp³-hybridized carbons (Fsp3) is 0.648. The zero-order valence-corrected chi connectivity index (χ0v) is 42.8. The first-order valence-electron chi connectivity index (χ1n) is 26.2. The lowest BCUT2D eigenvalue weighted by molar-refractivity contribution is -0.117. The number of ether oxygens (including phenoxy) is 3. The monoisotopic (exact) mass is 962 g/mol. The highest BCUT2D eigenvalue weighted by atomic mass is 32.2. The molecule has 68 heavy (non-hydrogen) atoms. The number of esters is 2. The third kappa shape index (κ3) is 18.0. The molecule has 0 saturated carbocycles. The average molecular weight is 962 g/mol. The molecule has 1 atom stereocenters. The Labute approximate surface area is 408 Å². The Morgan fingerprint density at radius 1 is 0.603 bits per heavy atom. The first kappa shape index (κ1) is 55.9. The number of hydrogen-bond acceptors (Lipinski definition) is 10. The van der Waals surface area contributed by atoms with Crippen LogP contribution in [0, 0.1) is 0 Å². The molecule has 13 nitrogen and oxygen atoms in total. The van der Waals surface area contributed by atoms with Crippen molar-refractivity contribution in [3.8, 4) is 5.75 Å². The molecule has 2 aromatic carbocycles. The van der Waals surface area contributed by atoms with Gasteiger partial charge >= 0.3 is 11.9 Å². The van der Waals surface area contributed by atoms with Gasteiger partial charge in [-0.05, 0) is 37.1 Å². The number of nitrogens with zero attached hydrogens (tertiary/aromatic N) is 4. The predicted molar refractivity (Wildman–Crippen MR) is 273 cm³/mol. The summed E-state index contributed by atoms with van der Waals surface area (Å²) in [4.78, 5) is 50.5. The maximum Gasteiger partial charge on any atom is 0.359 e. The Bertz CT molecular complexity index is 2090. The summed E-state index contributed by atoms with van der Waals surface area (Å²) in [6.45, 7) is 4.97. The Hall–Kier alpha value is -4.72. The molecule has 0 spiro atoms. The van der Waals surface area contributed by atoms with Crippen LogP contribution in [0.5, 0.6) is 5.75 Å². The van der Waals surface area contributed by atoms with Gasteiger partial charge in [0, 0.05) is 6.54 Å². The van der Waals surface area contributed by atoms with Gasteiger partial charge in [-0.3, -0.25) is 9.10 Å². The fourth-order valence-corrected chi connectivity index (χ4v) is 10.5. The molecule has 0 fully saturated rings. The van der Waals surface area contributed by atoms with Crippen LogP contribution in [0.2, 0.25) is 0 Å². The number of amidine groups is 1. The topological polar surface area (TPSA) is 158 Å². The molecule has 1 unspecified atom stereocenters. The van der Waals surface area contributed by atoms with E-state index in [9.17, 15) is 22.8 Å². The highest BCUT2D eigenvalue weighted by molar-refractivity contribution is 7.90. The van der Waals surface area contributed by atoms with Crippen LogP contribution in [0.4, 0.5) is 11.4 Å². The Kier molecular flexibility index (Phi) is 26.4. The van der Waals surface area contributed by atoms with E-state index in [2.05, 4.69) is 24.1 Å². The van der Waals surface area contributed by atoms with Crippen LogP contribution in [0.1, 0.15) is 221 Å². The van der Waals surface area contributed by atoms with Crippen molar-refractivity contribution in [1.82, 2.24) is 13.9 Å². The van der Waals surface area contributed by atoms with Crippen LogP contribution in [-0.2, 0) is 24.3 Å². The van der Waals surface area contributed by atoms with Crippen molar-refractivity contribution < 1.29 is 37.0 Å². The number of carbonyl (C=O) groups is 3. The van der Waals surface area contributed by atoms with Crippen molar-refractivity contribution in [3.63, 3.8) is 0 Å². The van der Waals surface area contributed by atoms with E-state index in [4.69, 9.17) is 19.2 Å². The zero-order valence-electron chi connectivity index (χ0n) is 41.9. The number of carbonyl (C=O) groups excluding carboxylic acids is 3. The van der Waals surface area contributed by atoms with Crippen molar-refractivity contribution in [3.05, 3.63) is 66.2 Å². The summed E-state index contributed by atoms with van der Waals surface area (Å²) in [7, 11) is -1.96. The minimum atomic E-state index is -4.25. The van der Waals surface area contributed by atoms with E-state index in [1.807, 2.05) is 6.07 Å². The second-order valence-corrected chi connectivity index (χ2v) is 20.1. The van der Waals surface area contributed by atoms with Gasteiger partial charge in [0.15, 0.2) is 23.3 Å². The maximum absolute atomic E-state index is 15.0. The van der Waals surface area contributed by atoms with E-state index in [1.54, 1.807) is 36.4 Å². The number of imidazole rings is 1. The summed E-state index contributed by atoms with van der Waals surface area (Å²) < 4.78 is 47.8. The molecule has 0 radical (unpaired) electrons. The van der Waals surface area contributed by atoms with Crippen molar-refractivity contribution >= 4 is 45.1 Å². The number of rotatable bonds is 37. The SMILES string of the molecule is CCCCCCCCCCCCCCCCCCN1C(C(C(=O)Nc2ccccc2OCCCCCCCCCCCCCC)n2cnc(C(=O)OC)c2C(=O)OC)=Nc2ccccc2S1(=O)=O. The Balaban J connectivity index is 1.47. The fourth-order valence-electron chi connectivity index (χ4n) is 8.92. The van der Waals surface area contributed by atoms with Crippen molar-refractivity contribution in [2.45, 2.75) is 205 Å². The molecule has 1 N–H and O–H groups in total. The maximum atomic E-state index is 15.0. The van der Waals surface area contributed by atoms with Crippen LogP contribution in [0.15, 0.2) is 64.7 Å². The summed E-state index contributed by atoms with van der Waals surface area (Å²) in [6, 6.07) is 11.8. The number of anilines is 1. The van der Waals surface area contributed by atoms with Gasteiger partial charge in [-0.1, -0.05) is 205 Å². The number of hydrogen-bond donors (Lipinski definition) is 1. The molecule has 1 aromatic heterocycles. The summed E-state index contributed by atoms with van der Waals surface area (Å²) in [5.41, 5.74) is -0.300. The highest BCUT2D eigenvalue weighted by Crippen LogP contribution is 2.37. The molecular weight excluding hydrogens is 879 g/mol. The minimum Gasteiger partial charge on any atom is -0.491 e. The summed E-state index contributed by atoms with van der Waals surface area (Å²) in [6.07, 6.45) is 34.5. The summed E-state index contributed by atoms with van der Waals surface area (Å²) >= 11 is 0. The molecule has 4 rings (SSSR count). The number of sulfonamides is 1. The number of aromatic nitrogens is 2. The molecular formula is C54H83N5O8S. The largest absolute Gasteiger partial charge is 0.491 e. The lowest BCUT2D eigenvalue weighted by Gasteiger charge is -2.34. The first-order valence-corrected chi connectivity index (χ1v) is 27.6. The van der Waals surface area contributed by atoms with Crippen molar-refractivity contribution in [1.29, 1.82) is 0 Å².